The van der Waals surface area contributed by atoms with Gasteiger partial charge in [-0.25, -0.2) is 4.39 Å². The molecule has 66 valence electrons. The average molecular weight is 252 g/mol. The van der Waals surface area contributed by atoms with E-state index < -0.39 is 0 Å². The van der Waals surface area contributed by atoms with E-state index in [1.807, 2.05) is 6.92 Å². The Balaban J connectivity index is 3.04. The molecule has 1 atom stereocenters. The summed E-state index contributed by atoms with van der Waals surface area (Å²) in [7, 11) is 0. The zero-order valence-corrected chi connectivity index (χ0v) is 8.99. The van der Waals surface area contributed by atoms with Crippen molar-refractivity contribution in [1.82, 2.24) is 0 Å². The Morgan fingerprint density at radius 2 is 2.25 bits per heavy atom. The Bertz CT molecular complexity index is 275. The Labute approximate surface area is 84.9 Å². The summed E-state index contributed by atoms with van der Waals surface area (Å²) in [5, 5.41) is 1.32. The number of hydrogen-bond acceptors (Lipinski definition) is 0. The van der Waals surface area contributed by atoms with Crippen molar-refractivity contribution in [2.45, 2.75) is 12.8 Å². The predicted octanol–water partition coefficient (Wildman–Crippen LogP) is 3.98. The lowest BCUT2D eigenvalue weighted by Crippen LogP contribution is -1.97. The molecule has 0 aliphatic heterocycles. The van der Waals surface area contributed by atoms with E-state index in [1.165, 1.54) is 6.07 Å². The van der Waals surface area contributed by atoms with Gasteiger partial charge in [0.25, 0.3) is 0 Å². The molecule has 0 N–H and O–H groups in total. The monoisotopic (exact) mass is 250 g/mol. The maximum Gasteiger partial charge on any atom is 0.126 e. The molecule has 0 aromatic heterocycles. The van der Waals surface area contributed by atoms with E-state index in [0.29, 0.717) is 10.6 Å². The molecule has 0 saturated heterocycles. The first kappa shape index (κ1) is 10.0. The molecule has 1 unspecified atom stereocenters. The topological polar surface area (TPSA) is 0 Å². The molecule has 0 bridgehead atoms. The van der Waals surface area contributed by atoms with Crippen molar-refractivity contribution in [2.24, 2.45) is 0 Å². The number of rotatable bonds is 2. The molecule has 0 saturated carbocycles. The lowest BCUT2D eigenvalue weighted by Gasteiger charge is -2.09. The minimum atomic E-state index is -0.189. The second-order valence-corrected chi connectivity index (χ2v) is 3.81. The average Bonchev–Trinajstić information content (AvgIpc) is 2.08. The van der Waals surface area contributed by atoms with Gasteiger partial charge in [0.2, 0.25) is 0 Å². The summed E-state index contributed by atoms with van der Waals surface area (Å²) in [6.45, 7) is 1.95. The van der Waals surface area contributed by atoms with Gasteiger partial charge in [0.05, 0.1) is 0 Å². The summed E-state index contributed by atoms with van der Waals surface area (Å²) in [5.74, 6) is -0.0324. The van der Waals surface area contributed by atoms with Crippen LogP contribution in [0.25, 0.3) is 0 Å². The van der Waals surface area contributed by atoms with Crippen LogP contribution < -0.4 is 0 Å². The quantitative estimate of drug-likeness (QED) is 0.698. The van der Waals surface area contributed by atoms with Crippen LogP contribution in [0.5, 0.6) is 0 Å². The second kappa shape index (κ2) is 4.24. The normalized spacial score (nSPS) is 13.0. The number of benzene rings is 1. The van der Waals surface area contributed by atoms with Crippen molar-refractivity contribution >= 4 is 27.5 Å². The number of halogens is 3. The van der Waals surface area contributed by atoms with Crippen LogP contribution in [0.3, 0.4) is 0 Å². The van der Waals surface area contributed by atoms with Crippen LogP contribution in [0.2, 0.25) is 5.02 Å². The van der Waals surface area contributed by atoms with E-state index in [-0.39, 0.29) is 11.7 Å². The highest BCUT2D eigenvalue weighted by Gasteiger charge is 2.09. The maximum absolute atomic E-state index is 13.1. The smallest absolute Gasteiger partial charge is 0.126 e. The van der Waals surface area contributed by atoms with Crippen molar-refractivity contribution in [3.63, 3.8) is 0 Å². The fraction of sp³-hybridized carbons (Fsp3) is 0.333. The molecule has 0 heterocycles. The van der Waals surface area contributed by atoms with Gasteiger partial charge < -0.3 is 0 Å². The summed E-state index contributed by atoms with van der Waals surface area (Å²) in [5.41, 5.74) is 0.666. The van der Waals surface area contributed by atoms with Crippen molar-refractivity contribution in [3.8, 4) is 0 Å². The summed E-state index contributed by atoms with van der Waals surface area (Å²) in [6.07, 6.45) is 0. The summed E-state index contributed by atoms with van der Waals surface area (Å²) >= 11 is 9.04. The lowest BCUT2D eigenvalue weighted by molar-refractivity contribution is 0.600. The standard InChI is InChI=1S/C9H9BrClF/c1-6(5-10)8-4-7(11)2-3-9(8)12/h2-4,6H,5H2,1H3. The van der Waals surface area contributed by atoms with Gasteiger partial charge >= 0.3 is 0 Å². The molecule has 0 amide bonds. The Kier molecular flexibility index (Phi) is 3.53. The molecule has 1 aromatic rings. The number of alkyl halides is 1. The van der Waals surface area contributed by atoms with Crippen LogP contribution in [0, 0.1) is 5.82 Å². The highest BCUT2D eigenvalue weighted by molar-refractivity contribution is 9.09. The Hall–Kier alpha value is -0.0800. The van der Waals surface area contributed by atoms with Gasteiger partial charge in [-0.3, -0.25) is 0 Å². The van der Waals surface area contributed by atoms with Gasteiger partial charge in [0.1, 0.15) is 5.82 Å². The van der Waals surface area contributed by atoms with Crippen molar-refractivity contribution in [1.29, 1.82) is 0 Å². The largest absolute Gasteiger partial charge is 0.207 e. The first-order valence-electron chi connectivity index (χ1n) is 3.66. The van der Waals surface area contributed by atoms with Crippen LogP contribution in [0.4, 0.5) is 4.39 Å². The number of hydrogen-bond donors (Lipinski definition) is 0. The first-order valence-corrected chi connectivity index (χ1v) is 5.16. The van der Waals surface area contributed by atoms with Crippen molar-refractivity contribution in [2.75, 3.05) is 5.33 Å². The fourth-order valence-electron chi connectivity index (χ4n) is 0.975. The third-order valence-electron chi connectivity index (χ3n) is 1.72. The minimum Gasteiger partial charge on any atom is -0.207 e. The van der Waals surface area contributed by atoms with Gasteiger partial charge in [0, 0.05) is 10.4 Å². The lowest BCUT2D eigenvalue weighted by atomic mass is 10.0. The highest BCUT2D eigenvalue weighted by atomic mass is 79.9. The highest BCUT2D eigenvalue weighted by Crippen LogP contribution is 2.23. The maximum atomic E-state index is 13.1. The van der Waals surface area contributed by atoms with Gasteiger partial charge in [0.15, 0.2) is 0 Å². The molecule has 0 nitrogen and oxygen atoms in total. The van der Waals surface area contributed by atoms with Crippen LogP contribution in [-0.2, 0) is 0 Å². The summed E-state index contributed by atoms with van der Waals surface area (Å²) in [6, 6.07) is 4.63. The predicted molar refractivity (Wildman–Crippen MR) is 53.6 cm³/mol. The van der Waals surface area contributed by atoms with Crippen molar-refractivity contribution in [3.05, 3.63) is 34.6 Å². The molecular formula is C9H9BrClF. The molecule has 3 heteroatoms. The van der Waals surface area contributed by atoms with Crippen LogP contribution in [-0.4, -0.2) is 5.33 Å². The molecule has 12 heavy (non-hydrogen) atoms. The van der Waals surface area contributed by atoms with Crippen LogP contribution in [0.1, 0.15) is 18.4 Å². The van der Waals surface area contributed by atoms with E-state index in [9.17, 15) is 4.39 Å². The van der Waals surface area contributed by atoms with E-state index >= 15 is 0 Å². The van der Waals surface area contributed by atoms with E-state index in [1.54, 1.807) is 12.1 Å². The molecule has 0 radical (unpaired) electrons. The van der Waals surface area contributed by atoms with E-state index in [0.717, 1.165) is 5.33 Å². The molecule has 1 aromatic carbocycles. The first-order chi connectivity index (χ1) is 5.65. The van der Waals surface area contributed by atoms with Gasteiger partial charge in [-0.1, -0.05) is 34.5 Å². The summed E-state index contributed by atoms with van der Waals surface area (Å²) in [4.78, 5) is 0. The third kappa shape index (κ3) is 2.20. The molecule has 0 aliphatic rings. The fourth-order valence-corrected chi connectivity index (χ4v) is 1.50. The summed E-state index contributed by atoms with van der Waals surface area (Å²) < 4.78 is 13.1. The Morgan fingerprint density at radius 1 is 1.58 bits per heavy atom. The zero-order valence-electron chi connectivity index (χ0n) is 6.65. The molecule has 0 aliphatic carbocycles. The molecule has 0 fully saturated rings. The molecular weight excluding hydrogens is 242 g/mol. The second-order valence-electron chi connectivity index (χ2n) is 2.72. The van der Waals surface area contributed by atoms with Crippen LogP contribution in [0.15, 0.2) is 18.2 Å². The third-order valence-corrected chi connectivity index (χ3v) is 2.93. The minimum absolute atomic E-state index is 0.156. The van der Waals surface area contributed by atoms with E-state index in [4.69, 9.17) is 11.6 Å². The molecule has 0 spiro atoms. The molecule has 1 rings (SSSR count). The van der Waals surface area contributed by atoms with Gasteiger partial charge in [-0.2, -0.15) is 0 Å². The Morgan fingerprint density at radius 3 is 2.83 bits per heavy atom. The van der Waals surface area contributed by atoms with E-state index in [2.05, 4.69) is 15.9 Å². The van der Waals surface area contributed by atoms with Gasteiger partial charge in [-0.05, 0) is 29.7 Å². The zero-order chi connectivity index (χ0) is 9.14. The van der Waals surface area contributed by atoms with Crippen molar-refractivity contribution < 1.29 is 4.39 Å². The SMILES string of the molecule is CC(CBr)c1cc(Cl)ccc1F. The van der Waals surface area contributed by atoms with Gasteiger partial charge in [-0.15, -0.1) is 0 Å². The van der Waals surface area contributed by atoms with Crippen LogP contribution >= 0.6 is 27.5 Å².